The molecular formula is C28H30Cl3N3O4S. The van der Waals surface area contributed by atoms with E-state index >= 15 is 0 Å². The quantitative estimate of drug-likeness (QED) is 0.248. The largest absolute Gasteiger partial charge is 0.354 e. The first-order chi connectivity index (χ1) is 18.6. The van der Waals surface area contributed by atoms with Crippen LogP contribution in [0.1, 0.15) is 32.3 Å². The summed E-state index contributed by atoms with van der Waals surface area (Å²) in [5.41, 5.74) is 0.741. The number of hydrogen-bond donors (Lipinski definition) is 1. The second kappa shape index (κ2) is 14.0. The molecule has 7 nitrogen and oxygen atoms in total. The average molecular weight is 611 g/mol. The molecule has 1 atom stereocenters. The lowest BCUT2D eigenvalue weighted by Gasteiger charge is -2.32. The van der Waals surface area contributed by atoms with Gasteiger partial charge in [-0.05, 0) is 61.9 Å². The van der Waals surface area contributed by atoms with Crippen LogP contribution in [0, 0.1) is 0 Å². The number of hydrogen-bond acceptors (Lipinski definition) is 4. The highest BCUT2D eigenvalue weighted by molar-refractivity contribution is 7.92. The number of amides is 2. The summed E-state index contributed by atoms with van der Waals surface area (Å²) in [7, 11) is -4.18. The van der Waals surface area contributed by atoms with Crippen LogP contribution < -0.4 is 9.62 Å². The monoisotopic (exact) mass is 609 g/mol. The van der Waals surface area contributed by atoms with Crippen molar-refractivity contribution in [1.82, 2.24) is 10.2 Å². The van der Waals surface area contributed by atoms with E-state index in [0.717, 1.165) is 17.1 Å². The van der Waals surface area contributed by atoms with Crippen molar-refractivity contribution in [2.45, 2.75) is 44.2 Å². The van der Waals surface area contributed by atoms with Gasteiger partial charge in [0.25, 0.3) is 10.0 Å². The van der Waals surface area contributed by atoms with Gasteiger partial charge in [0.1, 0.15) is 12.6 Å². The lowest BCUT2D eigenvalue weighted by atomic mass is 10.1. The van der Waals surface area contributed by atoms with Gasteiger partial charge in [0, 0.05) is 33.7 Å². The SMILES string of the molecule is CCCCNC(=O)[C@@H](C)N(Cc1c(Cl)cccc1Cl)C(=O)CN(c1ccccc1)S(=O)(=O)c1ccc(Cl)cc1. The molecule has 39 heavy (non-hydrogen) atoms. The molecule has 208 valence electrons. The molecule has 0 aliphatic rings. The molecule has 0 aliphatic carbocycles. The Morgan fingerprint density at radius 3 is 2.10 bits per heavy atom. The van der Waals surface area contributed by atoms with Gasteiger partial charge in [0.15, 0.2) is 0 Å². The Hall–Kier alpha value is -2.78. The molecule has 3 aromatic carbocycles. The Morgan fingerprint density at radius 1 is 0.897 bits per heavy atom. The van der Waals surface area contributed by atoms with Crippen LogP contribution in [0.3, 0.4) is 0 Å². The van der Waals surface area contributed by atoms with Gasteiger partial charge in [-0.2, -0.15) is 0 Å². The van der Waals surface area contributed by atoms with E-state index in [0.29, 0.717) is 27.2 Å². The lowest BCUT2D eigenvalue weighted by Crippen LogP contribution is -2.51. The Kier molecular flexibility index (Phi) is 11.1. The zero-order valence-electron chi connectivity index (χ0n) is 21.6. The molecule has 0 fully saturated rings. The highest BCUT2D eigenvalue weighted by Gasteiger charge is 2.33. The van der Waals surface area contributed by atoms with Crippen LogP contribution in [0.5, 0.6) is 0 Å². The van der Waals surface area contributed by atoms with Crippen LogP contribution in [0.2, 0.25) is 15.1 Å². The van der Waals surface area contributed by atoms with E-state index in [1.807, 2.05) is 6.92 Å². The molecule has 0 spiro atoms. The summed E-state index contributed by atoms with van der Waals surface area (Å²) in [5.74, 6) is -0.975. The Bertz CT molecular complexity index is 1370. The van der Waals surface area contributed by atoms with Crippen molar-refractivity contribution in [2.24, 2.45) is 0 Å². The summed E-state index contributed by atoms with van der Waals surface area (Å²) in [5, 5.41) is 3.87. The number of para-hydroxylation sites is 1. The molecule has 0 aliphatic heterocycles. The number of sulfonamides is 1. The first-order valence-electron chi connectivity index (χ1n) is 12.4. The van der Waals surface area contributed by atoms with Gasteiger partial charge in [-0.25, -0.2) is 8.42 Å². The normalized spacial score (nSPS) is 12.0. The highest BCUT2D eigenvalue weighted by Crippen LogP contribution is 2.28. The standard InChI is InChI=1S/C28H30Cl3N3O4S/c1-3-4-17-32-28(36)20(2)33(18-24-25(30)11-8-12-26(24)31)27(35)19-34(22-9-6-5-7-10-22)39(37,38)23-15-13-21(29)14-16-23/h5-16,20H,3-4,17-19H2,1-2H3,(H,32,36)/t20-/m1/s1. The van der Waals surface area contributed by atoms with Gasteiger partial charge in [-0.15, -0.1) is 0 Å². The van der Waals surface area contributed by atoms with Crippen LogP contribution in [-0.4, -0.2) is 44.3 Å². The molecule has 3 rings (SSSR count). The third-order valence-electron chi connectivity index (χ3n) is 6.11. The number of halogens is 3. The van der Waals surface area contributed by atoms with E-state index < -0.39 is 28.5 Å². The summed E-state index contributed by atoms with van der Waals surface area (Å²) in [6.45, 7) is 3.39. The maximum Gasteiger partial charge on any atom is 0.264 e. The topological polar surface area (TPSA) is 86.8 Å². The second-order valence-corrected chi connectivity index (χ2v) is 12.0. The predicted molar refractivity (Wildman–Crippen MR) is 157 cm³/mol. The van der Waals surface area contributed by atoms with Gasteiger partial charge in [0.05, 0.1) is 10.6 Å². The number of nitrogens with zero attached hydrogens (tertiary/aromatic N) is 2. The Morgan fingerprint density at radius 2 is 1.51 bits per heavy atom. The molecule has 0 aromatic heterocycles. The van der Waals surface area contributed by atoms with Crippen molar-refractivity contribution < 1.29 is 18.0 Å². The molecule has 0 radical (unpaired) electrons. The summed E-state index contributed by atoms with van der Waals surface area (Å²) in [6.07, 6.45) is 1.67. The van der Waals surface area contributed by atoms with Crippen LogP contribution >= 0.6 is 34.8 Å². The number of carbonyl (C=O) groups excluding carboxylic acids is 2. The zero-order valence-corrected chi connectivity index (χ0v) is 24.7. The van der Waals surface area contributed by atoms with Crippen molar-refractivity contribution in [3.8, 4) is 0 Å². The van der Waals surface area contributed by atoms with Crippen LogP contribution in [-0.2, 0) is 26.2 Å². The van der Waals surface area contributed by atoms with Crippen molar-refractivity contribution in [2.75, 3.05) is 17.4 Å². The third-order valence-corrected chi connectivity index (χ3v) is 8.86. The first-order valence-corrected chi connectivity index (χ1v) is 15.0. The van der Waals surface area contributed by atoms with Gasteiger partial charge < -0.3 is 10.2 Å². The van der Waals surface area contributed by atoms with Crippen LogP contribution in [0.25, 0.3) is 0 Å². The molecule has 3 aromatic rings. The van der Waals surface area contributed by atoms with Crippen molar-refractivity contribution in [3.63, 3.8) is 0 Å². The molecule has 2 amide bonds. The molecule has 0 saturated heterocycles. The Labute approximate surface area is 244 Å². The Balaban J connectivity index is 2.01. The molecule has 1 N–H and O–H groups in total. The van der Waals surface area contributed by atoms with E-state index in [2.05, 4.69) is 5.32 Å². The van der Waals surface area contributed by atoms with Gasteiger partial charge in [-0.3, -0.25) is 13.9 Å². The molecule has 0 bridgehead atoms. The minimum atomic E-state index is -4.18. The predicted octanol–water partition coefficient (Wildman–Crippen LogP) is 6.18. The first kappa shape index (κ1) is 30.8. The molecular weight excluding hydrogens is 581 g/mol. The van der Waals surface area contributed by atoms with Gasteiger partial charge in [-0.1, -0.05) is 72.4 Å². The number of carbonyl (C=O) groups is 2. The summed E-state index contributed by atoms with van der Waals surface area (Å²) >= 11 is 18.8. The van der Waals surface area contributed by atoms with E-state index in [-0.39, 0.29) is 23.0 Å². The van der Waals surface area contributed by atoms with E-state index in [1.165, 1.54) is 29.2 Å². The lowest BCUT2D eigenvalue weighted by molar-refractivity contribution is -0.139. The van der Waals surface area contributed by atoms with Gasteiger partial charge in [0.2, 0.25) is 11.8 Å². The average Bonchev–Trinajstić information content (AvgIpc) is 2.92. The molecule has 0 saturated carbocycles. The minimum Gasteiger partial charge on any atom is -0.354 e. The van der Waals surface area contributed by atoms with Crippen molar-refractivity contribution in [3.05, 3.63) is 93.4 Å². The number of anilines is 1. The summed E-state index contributed by atoms with van der Waals surface area (Å²) in [6, 6.07) is 18.0. The van der Waals surface area contributed by atoms with Crippen LogP contribution in [0.15, 0.2) is 77.7 Å². The molecule has 0 unspecified atom stereocenters. The number of benzene rings is 3. The minimum absolute atomic E-state index is 0.0328. The number of nitrogens with one attached hydrogen (secondary N) is 1. The highest BCUT2D eigenvalue weighted by atomic mass is 35.5. The van der Waals surface area contributed by atoms with Crippen molar-refractivity contribution in [1.29, 1.82) is 0 Å². The maximum atomic E-state index is 13.9. The van der Waals surface area contributed by atoms with Crippen LogP contribution in [0.4, 0.5) is 5.69 Å². The zero-order chi connectivity index (χ0) is 28.6. The fourth-order valence-electron chi connectivity index (χ4n) is 3.83. The fourth-order valence-corrected chi connectivity index (χ4v) is 5.89. The van der Waals surface area contributed by atoms with E-state index in [1.54, 1.807) is 55.5 Å². The fraction of sp³-hybridized carbons (Fsp3) is 0.286. The summed E-state index contributed by atoms with van der Waals surface area (Å²) < 4.78 is 28.5. The number of rotatable bonds is 12. The van der Waals surface area contributed by atoms with Crippen molar-refractivity contribution >= 4 is 62.3 Å². The summed E-state index contributed by atoms with van der Waals surface area (Å²) in [4.78, 5) is 28.2. The molecule has 11 heteroatoms. The third kappa shape index (κ3) is 7.88. The smallest absolute Gasteiger partial charge is 0.264 e. The van der Waals surface area contributed by atoms with E-state index in [9.17, 15) is 18.0 Å². The van der Waals surface area contributed by atoms with E-state index in [4.69, 9.17) is 34.8 Å². The van der Waals surface area contributed by atoms with Gasteiger partial charge >= 0.3 is 0 Å². The molecule has 0 heterocycles. The number of unbranched alkanes of at least 4 members (excludes halogenated alkanes) is 1. The maximum absolute atomic E-state index is 13.9. The second-order valence-electron chi connectivity index (χ2n) is 8.84.